The van der Waals surface area contributed by atoms with Crippen molar-refractivity contribution < 1.29 is 5.32 Å². The predicted octanol–water partition coefficient (Wildman–Crippen LogP) is 1.91. The van der Waals surface area contributed by atoms with Crippen LogP contribution in [0.3, 0.4) is 0 Å². The first-order valence-electron chi connectivity index (χ1n) is 5.63. The molecule has 0 saturated heterocycles. The van der Waals surface area contributed by atoms with E-state index in [0.29, 0.717) is 6.04 Å². The minimum Gasteiger partial charge on any atom is -0.336 e. The zero-order valence-corrected chi connectivity index (χ0v) is 9.51. The number of aromatic nitrogens is 1. The van der Waals surface area contributed by atoms with Gasteiger partial charge >= 0.3 is 0 Å². The van der Waals surface area contributed by atoms with Gasteiger partial charge in [0.05, 0.1) is 0 Å². The van der Waals surface area contributed by atoms with E-state index >= 15 is 0 Å². The zero-order valence-electron chi connectivity index (χ0n) is 9.51. The van der Waals surface area contributed by atoms with Crippen LogP contribution in [0.5, 0.6) is 0 Å². The topological polar surface area (TPSA) is 29.5 Å². The maximum absolute atomic E-state index is 4.12. The largest absolute Gasteiger partial charge is 0.336 e. The van der Waals surface area contributed by atoms with Crippen LogP contribution in [-0.2, 0) is 6.54 Å². The van der Waals surface area contributed by atoms with Gasteiger partial charge in [0.1, 0.15) is 12.6 Å². The predicted molar refractivity (Wildman–Crippen MR) is 64.7 cm³/mol. The average molecular weight is 213 g/mol. The van der Waals surface area contributed by atoms with Crippen LogP contribution in [0.1, 0.15) is 24.1 Å². The van der Waals surface area contributed by atoms with Gasteiger partial charge in [-0.1, -0.05) is 36.4 Å². The Labute approximate surface area is 96.4 Å². The molecular formula is C14H17N2+. The molecule has 0 aliphatic heterocycles. The highest BCUT2D eigenvalue weighted by molar-refractivity contribution is 5.16. The Hall–Kier alpha value is -1.67. The van der Waals surface area contributed by atoms with Crippen molar-refractivity contribution in [2.75, 3.05) is 0 Å². The molecule has 0 saturated carbocycles. The van der Waals surface area contributed by atoms with Crippen LogP contribution >= 0.6 is 0 Å². The summed E-state index contributed by atoms with van der Waals surface area (Å²) in [5.74, 6) is 0. The van der Waals surface area contributed by atoms with Crippen molar-refractivity contribution >= 4 is 0 Å². The molecule has 1 aromatic heterocycles. The van der Waals surface area contributed by atoms with E-state index in [9.17, 15) is 0 Å². The van der Waals surface area contributed by atoms with Gasteiger partial charge < -0.3 is 5.32 Å². The van der Waals surface area contributed by atoms with Crippen molar-refractivity contribution in [3.63, 3.8) is 0 Å². The maximum Gasteiger partial charge on any atom is 0.109 e. The van der Waals surface area contributed by atoms with E-state index in [2.05, 4.69) is 53.6 Å². The van der Waals surface area contributed by atoms with E-state index in [1.54, 1.807) is 0 Å². The highest BCUT2D eigenvalue weighted by Crippen LogP contribution is 2.06. The molecule has 2 aromatic rings. The van der Waals surface area contributed by atoms with E-state index < -0.39 is 0 Å². The van der Waals surface area contributed by atoms with Gasteiger partial charge in [0, 0.05) is 23.5 Å². The Morgan fingerprint density at radius 3 is 2.62 bits per heavy atom. The molecule has 0 aliphatic rings. The Kier molecular flexibility index (Phi) is 3.67. The van der Waals surface area contributed by atoms with Crippen molar-refractivity contribution in [2.45, 2.75) is 19.5 Å². The number of nitrogens with two attached hydrogens (primary N) is 1. The van der Waals surface area contributed by atoms with Crippen LogP contribution in [0.4, 0.5) is 0 Å². The molecule has 0 bridgehead atoms. The summed E-state index contributed by atoms with van der Waals surface area (Å²) in [4.78, 5) is 4.12. The standard InChI is InChI=1S/C14H16N2/c1-12(14-7-3-2-4-8-14)16-11-13-6-5-9-15-10-13/h2-10,12,16H,11H2,1H3/p+1/t12-/m1/s1. The fraction of sp³-hybridized carbons (Fsp3) is 0.214. The molecule has 1 aromatic carbocycles. The Balaban J connectivity index is 1.92. The molecule has 2 N–H and O–H groups in total. The van der Waals surface area contributed by atoms with Gasteiger partial charge in [-0.3, -0.25) is 4.98 Å². The molecular weight excluding hydrogens is 196 g/mol. The minimum atomic E-state index is 0.487. The molecule has 0 unspecified atom stereocenters. The molecule has 2 rings (SSSR count). The van der Waals surface area contributed by atoms with Crippen LogP contribution in [0, 0.1) is 0 Å². The molecule has 2 nitrogen and oxygen atoms in total. The first-order valence-corrected chi connectivity index (χ1v) is 5.63. The summed E-state index contributed by atoms with van der Waals surface area (Å²) in [7, 11) is 0. The van der Waals surface area contributed by atoms with Crippen molar-refractivity contribution in [3.05, 3.63) is 66.0 Å². The van der Waals surface area contributed by atoms with E-state index in [1.807, 2.05) is 18.5 Å². The summed E-state index contributed by atoms with van der Waals surface area (Å²) in [6.45, 7) is 3.20. The lowest BCUT2D eigenvalue weighted by Gasteiger charge is -2.10. The SMILES string of the molecule is C[C@@H]([NH2+]Cc1cccnc1)c1ccccc1. The summed E-state index contributed by atoms with van der Waals surface area (Å²) in [5.41, 5.74) is 2.64. The molecule has 0 amide bonds. The first-order chi connectivity index (χ1) is 7.86. The molecule has 1 atom stereocenters. The van der Waals surface area contributed by atoms with Gasteiger partial charge in [-0.25, -0.2) is 0 Å². The number of pyridine rings is 1. The Morgan fingerprint density at radius 1 is 1.12 bits per heavy atom. The fourth-order valence-corrected chi connectivity index (χ4v) is 1.72. The summed E-state index contributed by atoms with van der Waals surface area (Å²) >= 11 is 0. The second kappa shape index (κ2) is 5.42. The number of benzene rings is 1. The maximum atomic E-state index is 4.12. The molecule has 0 aliphatic carbocycles. The Bertz CT molecular complexity index is 411. The second-order valence-corrected chi connectivity index (χ2v) is 4.00. The van der Waals surface area contributed by atoms with Crippen LogP contribution in [0.25, 0.3) is 0 Å². The van der Waals surface area contributed by atoms with Crippen LogP contribution in [-0.4, -0.2) is 4.98 Å². The summed E-state index contributed by atoms with van der Waals surface area (Å²) < 4.78 is 0. The lowest BCUT2D eigenvalue weighted by atomic mass is 10.1. The van der Waals surface area contributed by atoms with Crippen molar-refractivity contribution in [2.24, 2.45) is 0 Å². The third-order valence-electron chi connectivity index (χ3n) is 2.76. The van der Waals surface area contributed by atoms with E-state index in [4.69, 9.17) is 0 Å². The highest BCUT2D eigenvalue weighted by atomic mass is 14.9. The van der Waals surface area contributed by atoms with Gasteiger partial charge in [0.25, 0.3) is 0 Å². The lowest BCUT2D eigenvalue weighted by Crippen LogP contribution is -2.83. The molecule has 2 heteroatoms. The van der Waals surface area contributed by atoms with Gasteiger partial charge in [0.2, 0.25) is 0 Å². The van der Waals surface area contributed by atoms with Gasteiger partial charge in [-0.05, 0) is 13.0 Å². The molecule has 0 fully saturated rings. The Morgan fingerprint density at radius 2 is 1.94 bits per heavy atom. The smallest absolute Gasteiger partial charge is 0.109 e. The van der Waals surface area contributed by atoms with Crippen LogP contribution < -0.4 is 5.32 Å². The third-order valence-corrected chi connectivity index (χ3v) is 2.76. The quantitative estimate of drug-likeness (QED) is 0.826. The second-order valence-electron chi connectivity index (χ2n) is 4.00. The number of hydrogen-bond donors (Lipinski definition) is 1. The summed E-state index contributed by atoms with van der Waals surface area (Å²) in [6.07, 6.45) is 3.73. The third kappa shape index (κ3) is 2.91. The fourth-order valence-electron chi connectivity index (χ4n) is 1.72. The number of hydrogen-bond acceptors (Lipinski definition) is 1. The molecule has 82 valence electrons. The van der Waals surface area contributed by atoms with E-state index in [1.165, 1.54) is 11.1 Å². The number of rotatable bonds is 4. The molecule has 0 radical (unpaired) electrons. The zero-order chi connectivity index (χ0) is 11.2. The minimum absolute atomic E-state index is 0.487. The van der Waals surface area contributed by atoms with Gasteiger partial charge in [0.15, 0.2) is 0 Å². The first kappa shape index (κ1) is 10.8. The molecule has 0 spiro atoms. The van der Waals surface area contributed by atoms with Gasteiger partial charge in [-0.2, -0.15) is 0 Å². The van der Waals surface area contributed by atoms with Crippen molar-refractivity contribution in [1.82, 2.24) is 4.98 Å². The van der Waals surface area contributed by atoms with Crippen molar-refractivity contribution in [1.29, 1.82) is 0 Å². The van der Waals surface area contributed by atoms with E-state index in [0.717, 1.165) is 6.54 Å². The average Bonchev–Trinajstić information content (AvgIpc) is 2.38. The van der Waals surface area contributed by atoms with Crippen LogP contribution in [0.2, 0.25) is 0 Å². The van der Waals surface area contributed by atoms with E-state index in [-0.39, 0.29) is 0 Å². The summed E-state index contributed by atoms with van der Waals surface area (Å²) in [5, 5.41) is 2.33. The van der Waals surface area contributed by atoms with Gasteiger partial charge in [-0.15, -0.1) is 0 Å². The number of nitrogens with zero attached hydrogens (tertiary/aromatic N) is 1. The monoisotopic (exact) mass is 213 g/mol. The number of quaternary nitrogens is 1. The molecule has 1 heterocycles. The lowest BCUT2D eigenvalue weighted by molar-refractivity contribution is -0.708. The van der Waals surface area contributed by atoms with Crippen molar-refractivity contribution in [3.8, 4) is 0 Å². The summed E-state index contributed by atoms with van der Waals surface area (Å²) in [6, 6.07) is 15.2. The molecule has 16 heavy (non-hydrogen) atoms. The highest BCUT2D eigenvalue weighted by Gasteiger charge is 2.07. The normalized spacial score (nSPS) is 12.3. The van der Waals surface area contributed by atoms with Crippen LogP contribution in [0.15, 0.2) is 54.9 Å².